The summed E-state index contributed by atoms with van der Waals surface area (Å²) in [4.78, 5) is 6.97. The second-order valence-corrected chi connectivity index (χ2v) is 6.66. The van der Waals surface area contributed by atoms with E-state index in [2.05, 4.69) is 53.1 Å². The van der Waals surface area contributed by atoms with E-state index in [-0.39, 0.29) is 0 Å². The van der Waals surface area contributed by atoms with Gasteiger partial charge in [0.05, 0.1) is 6.67 Å². The molecule has 0 bridgehead atoms. The number of likely N-dealkylation sites (tertiary alicyclic amines) is 1. The van der Waals surface area contributed by atoms with Crippen LogP contribution in [0.2, 0.25) is 0 Å². The smallest absolute Gasteiger partial charge is 0.217 e. The molecule has 0 amide bonds. The summed E-state index contributed by atoms with van der Waals surface area (Å²) in [6, 6.07) is 8.52. The van der Waals surface area contributed by atoms with Gasteiger partial charge in [-0.25, -0.2) is 4.68 Å². The largest absolute Gasteiger partial charge is 0.284 e. The van der Waals surface area contributed by atoms with Crippen LogP contribution in [0.4, 0.5) is 0 Å². The lowest BCUT2D eigenvalue weighted by Crippen LogP contribution is -2.36. The highest BCUT2D eigenvalue weighted by atomic mass is 32.1. The quantitative estimate of drug-likeness (QED) is 0.870. The van der Waals surface area contributed by atoms with Gasteiger partial charge in [-0.05, 0) is 49.5 Å². The van der Waals surface area contributed by atoms with Crippen molar-refractivity contribution in [3.8, 4) is 11.4 Å². The number of aromatic nitrogens is 3. The number of H-pyrrole nitrogens is 1. The molecule has 1 N–H and O–H groups in total. The minimum atomic E-state index is 0.632. The molecule has 1 aliphatic heterocycles. The number of benzene rings is 1. The maximum absolute atomic E-state index is 5.41. The Bertz CT molecular complexity index is 671. The predicted molar refractivity (Wildman–Crippen MR) is 92.2 cm³/mol. The second kappa shape index (κ2) is 6.75. The number of aryl methyl sites for hydroxylation is 1. The fraction of sp³-hybridized carbons (Fsp3) is 0.529. The zero-order valence-corrected chi connectivity index (χ0v) is 14.2. The Morgan fingerprint density at radius 3 is 2.77 bits per heavy atom. The minimum Gasteiger partial charge on any atom is -0.284 e. The molecule has 0 spiro atoms. The van der Waals surface area contributed by atoms with Crippen LogP contribution in [0, 0.1) is 10.7 Å². The van der Waals surface area contributed by atoms with Crippen molar-refractivity contribution in [1.82, 2.24) is 19.7 Å². The van der Waals surface area contributed by atoms with E-state index in [1.807, 2.05) is 4.68 Å². The van der Waals surface area contributed by atoms with Gasteiger partial charge in [-0.1, -0.05) is 38.1 Å². The summed E-state index contributed by atoms with van der Waals surface area (Å²) in [7, 11) is 0. The van der Waals surface area contributed by atoms with Crippen LogP contribution < -0.4 is 0 Å². The first-order chi connectivity index (χ1) is 10.7. The molecule has 4 nitrogen and oxygen atoms in total. The molecule has 1 aromatic heterocycles. The summed E-state index contributed by atoms with van der Waals surface area (Å²) in [5, 5.41) is 3.36. The third kappa shape index (κ3) is 3.47. The van der Waals surface area contributed by atoms with Crippen molar-refractivity contribution in [1.29, 1.82) is 0 Å². The number of hydrogen-bond donors (Lipinski definition) is 1. The van der Waals surface area contributed by atoms with E-state index in [1.54, 1.807) is 0 Å². The Labute approximate surface area is 137 Å². The number of piperidine rings is 1. The molecule has 0 unspecified atom stereocenters. The summed E-state index contributed by atoms with van der Waals surface area (Å²) in [6.45, 7) is 7.58. The minimum absolute atomic E-state index is 0.632. The summed E-state index contributed by atoms with van der Waals surface area (Å²) >= 11 is 5.41. The molecule has 3 rings (SSSR count). The molecule has 1 saturated heterocycles. The predicted octanol–water partition coefficient (Wildman–Crippen LogP) is 3.86. The van der Waals surface area contributed by atoms with Gasteiger partial charge < -0.3 is 0 Å². The molecule has 0 saturated carbocycles. The van der Waals surface area contributed by atoms with Crippen molar-refractivity contribution < 1.29 is 0 Å². The van der Waals surface area contributed by atoms with Crippen LogP contribution in [-0.4, -0.2) is 32.8 Å². The van der Waals surface area contributed by atoms with Gasteiger partial charge in [-0.15, -0.1) is 0 Å². The van der Waals surface area contributed by atoms with E-state index in [0.717, 1.165) is 43.5 Å². The average molecular weight is 316 g/mol. The standard InChI is InChI=1S/C17H24N4S/c1-3-14-6-8-15(9-7-14)16-18-17(22)21(19-16)12-20-10-4-5-13(2)11-20/h6-9,13H,3-5,10-12H2,1-2H3,(H,18,19,22)/t13-/m1/s1. The van der Waals surface area contributed by atoms with Crippen LogP contribution >= 0.6 is 12.2 Å². The highest BCUT2D eigenvalue weighted by molar-refractivity contribution is 7.71. The van der Waals surface area contributed by atoms with E-state index < -0.39 is 0 Å². The van der Waals surface area contributed by atoms with Crippen LogP contribution in [0.25, 0.3) is 11.4 Å². The molecular formula is C17H24N4S. The van der Waals surface area contributed by atoms with Gasteiger partial charge in [0.25, 0.3) is 0 Å². The van der Waals surface area contributed by atoms with Crippen molar-refractivity contribution in [2.24, 2.45) is 5.92 Å². The molecule has 1 aromatic carbocycles. The first-order valence-corrected chi connectivity index (χ1v) is 8.55. The van der Waals surface area contributed by atoms with E-state index in [0.29, 0.717) is 4.77 Å². The number of nitrogens with zero attached hydrogens (tertiary/aromatic N) is 3. The SMILES string of the molecule is CCc1ccc(-c2nc(=S)n(CN3CCC[C@@H](C)C3)[nH]2)cc1. The Hall–Kier alpha value is -1.46. The lowest BCUT2D eigenvalue weighted by molar-refractivity contribution is 0.138. The molecule has 22 heavy (non-hydrogen) atoms. The highest BCUT2D eigenvalue weighted by Crippen LogP contribution is 2.18. The van der Waals surface area contributed by atoms with Crippen LogP contribution in [0.3, 0.4) is 0 Å². The second-order valence-electron chi connectivity index (χ2n) is 6.30. The Balaban J connectivity index is 1.76. The van der Waals surface area contributed by atoms with Crippen LogP contribution in [0.1, 0.15) is 32.3 Å². The summed E-state index contributed by atoms with van der Waals surface area (Å²) < 4.78 is 2.61. The molecule has 1 fully saturated rings. The maximum atomic E-state index is 5.41. The summed E-state index contributed by atoms with van der Waals surface area (Å²) in [5.74, 6) is 1.63. The maximum Gasteiger partial charge on any atom is 0.217 e. The molecular weight excluding hydrogens is 292 g/mol. The third-order valence-electron chi connectivity index (χ3n) is 4.40. The number of aromatic amines is 1. The Morgan fingerprint density at radius 2 is 2.09 bits per heavy atom. The number of rotatable bonds is 4. The third-order valence-corrected chi connectivity index (χ3v) is 4.71. The summed E-state index contributed by atoms with van der Waals surface area (Å²) in [6.07, 6.45) is 3.66. The van der Waals surface area contributed by atoms with Crippen molar-refractivity contribution in [3.63, 3.8) is 0 Å². The zero-order valence-electron chi connectivity index (χ0n) is 13.4. The van der Waals surface area contributed by atoms with E-state index in [1.165, 1.54) is 18.4 Å². The van der Waals surface area contributed by atoms with Gasteiger partial charge in [0.2, 0.25) is 4.77 Å². The first kappa shape index (κ1) is 15.4. The fourth-order valence-corrected chi connectivity index (χ4v) is 3.29. The van der Waals surface area contributed by atoms with Gasteiger partial charge in [0.1, 0.15) is 0 Å². The zero-order chi connectivity index (χ0) is 15.5. The molecule has 118 valence electrons. The van der Waals surface area contributed by atoms with Gasteiger partial charge in [0.15, 0.2) is 5.82 Å². The van der Waals surface area contributed by atoms with E-state index in [9.17, 15) is 0 Å². The Kier molecular flexibility index (Phi) is 4.74. The molecule has 0 radical (unpaired) electrons. The molecule has 2 aromatic rings. The highest BCUT2D eigenvalue weighted by Gasteiger charge is 2.17. The van der Waals surface area contributed by atoms with E-state index >= 15 is 0 Å². The normalized spacial score (nSPS) is 19.5. The first-order valence-electron chi connectivity index (χ1n) is 8.14. The van der Waals surface area contributed by atoms with Crippen LogP contribution in [0.5, 0.6) is 0 Å². The van der Waals surface area contributed by atoms with Gasteiger partial charge in [0, 0.05) is 12.1 Å². The molecule has 5 heteroatoms. The van der Waals surface area contributed by atoms with Gasteiger partial charge in [-0.3, -0.25) is 10.00 Å². The van der Waals surface area contributed by atoms with Crippen molar-refractivity contribution in [2.45, 2.75) is 39.8 Å². The Morgan fingerprint density at radius 1 is 1.32 bits per heavy atom. The summed E-state index contributed by atoms with van der Waals surface area (Å²) in [5.41, 5.74) is 2.43. The van der Waals surface area contributed by atoms with Crippen molar-refractivity contribution in [2.75, 3.05) is 13.1 Å². The lowest BCUT2D eigenvalue weighted by atomic mass is 10.0. The number of hydrogen-bond acceptors (Lipinski definition) is 3. The van der Waals surface area contributed by atoms with Crippen molar-refractivity contribution >= 4 is 12.2 Å². The van der Waals surface area contributed by atoms with Crippen LogP contribution in [0.15, 0.2) is 24.3 Å². The lowest BCUT2D eigenvalue weighted by Gasteiger charge is -2.30. The van der Waals surface area contributed by atoms with E-state index in [4.69, 9.17) is 12.2 Å². The molecule has 1 aliphatic rings. The fourth-order valence-electron chi connectivity index (χ4n) is 3.10. The van der Waals surface area contributed by atoms with Gasteiger partial charge >= 0.3 is 0 Å². The molecule has 2 heterocycles. The van der Waals surface area contributed by atoms with Crippen molar-refractivity contribution in [3.05, 3.63) is 34.6 Å². The topological polar surface area (TPSA) is 36.9 Å². The molecule has 1 atom stereocenters. The van der Waals surface area contributed by atoms with Crippen LogP contribution in [-0.2, 0) is 13.1 Å². The average Bonchev–Trinajstić information content (AvgIpc) is 2.88. The van der Waals surface area contributed by atoms with Gasteiger partial charge in [-0.2, -0.15) is 4.98 Å². The molecule has 0 aliphatic carbocycles. The number of nitrogens with one attached hydrogen (secondary N) is 1. The monoisotopic (exact) mass is 316 g/mol.